The van der Waals surface area contributed by atoms with E-state index in [9.17, 15) is 9.59 Å². The summed E-state index contributed by atoms with van der Waals surface area (Å²) in [7, 11) is 1.70. The number of amides is 1. The first-order valence-electron chi connectivity index (χ1n) is 7.53. The molecule has 3 rings (SSSR count). The second-order valence-electron chi connectivity index (χ2n) is 5.79. The van der Waals surface area contributed by atoms with E-state index in [4.69, 9.17) is 15.6 Å². The highest BCUT2D eigenvalue weighted by molar-refractivity contribution is 5.87. The largest absolute Gasteiger partial charge is 0.477 e. The van der Waals surface area contributed by atoms with Crippen LogP contribution in [0.4, 0.5) is 0 Å². The number of hydrogen-bond acceptors (Lipinski definition) is 4. The summed E-state index contributed by atoms with van der Waals surface area (Å²) in [6, 6.07) is 3.65. The number of primary amides is 1. The van der Waals surface area contributed by atoms with Crippen LogP contribution in [0, 0.1) is 5.92 Å². The van der Waals surface area contributed by atoms with Crippen molar-refractivity contribution < 1.29 is 19.4 Å². The number of methoxy groups -OCH3 is 1. The quantitative estimate of drug-likeness (QED) is 0.885. The van der Waals surface area contributed by atoms with Crippen LogP contribution in [0.2, 0.25) is 0 Å². The minimum atomic E-state index is -0.948. The standard InChI is InChI=1S/C12H15NO3.C4H7NO/c1-16-9-5-4-8(7-9)10-3-2-6-13-11(10)12(14)15;5-4(6)3-1-2-3/h2-3,6,8-9H,4-5,7H2,1H3,(H,14,15);3H,1-2H2,(H2,5,6). The van der Waals surface area contributed by atoms with Crippen molar-refractivity contribution >= 4 is 11.9 Å². The first kappa shape index (κ1) is 16.4. The molecule has 0 aliphatic heterocycles. The van der Waals surface area contributed by atoms with E-state index in [1.54, 1.807) is 13.2 Å². The molecule has 0 spiro atoms. The number of carboxylic acid groups (broad SMARTS) is 1. The molecule has 1 aromatic heterocycles. The predicted octanol–water partition coefficient (Wildman–Crippen LogP) is 1.94. The van der Waals surface area contributed by atoms with Gasteiger partial charge in [0.05, 0.1) is 6.10 Å². The third-order valence-corrected chi connectivity index (χ3v) is 4.18. The maximum Gasteiger partial charge on any atom is 0.354 e. The zero-order chi connectivity index (χ0) is 16.1. The zero-order valence-corrected chi connectivity index (χ0v) is 12.7. The van der Waals surface area contributed by atoms with Crippen LogP contribution in [0.5, 0.6) is 0 Å². The molecule has 2 aliphatic carbocycles. The van der Waals surface area contributed by atoms with E-state index in [-0.39, 0.29) is 29.5 Å². The second kappa shape index (κ2) is 7.35. The Balaban J connectivity index is 0.000000246. The Hall–Kier alpha value is -1.95. The van der Waals surface area contributed by atoms with Gasteiger partial charge in [-0.15, -0.1) is 0 Å². The van der Waals surface area contributed by atoms with Gasteiger partial charge in [0, 0.05) is 19.2 Å². The Morgan fingerprint density at radius 2 is 2.05 bits per heavy atom. The molecule has 3 N–H and O–H groups in total. The molecule has 6 heteroatoms. The first-order valence-corrected chi connectivity index (χ1v) is 7.53. The number of ether oxygens (including phenoxy) is 1. The van der Waals surface area contributed by atoms with E-state index in [2.05, 4.69) is 4.98 Å². The summed E-state index contributed by atoms with van der Waals surface area (Å²) in [4.78, 5) is 25.0. The molecule has 2 aliphatic rings. The molecule has 0 aromatic carbocycles. The Labute approximate surface area is 129 Å². The molecule has 2 atom stereocenters. The summed E-state index contributed by atoms with van der Waals surface area (Å²) in [5.41, 5.74) is 5.89. The van der Waals surface area contributed by atoms with Gasteiger partial charge >= 0.3 is 5.97 Å². The van der Waals surface area contributed by atoms with Gasteiger partial charge in [-0.3, -0.25) is 4.79 Å². The fourth-order valence-corrected chi connectivity index (χ4v) is 2.73. The van der Waals surface area contributed by atoms with Crippen LogP contribution in [0.1, 0.15) is 54.1 Å². The van der Waals surface area contributed by atoms with Crippen molar-refractivity contribution in [3.63, 3.8) is 0 Å². The predicted molar refractivity (Wildman–Crippen MR) is 80.5 cm³/mol. The van der Waals surface area contributed by atoms with Crippen molar-refractivity contribution in [2.75, 3.05) is 7.11 Å². The molecular formula is C16H22N2O4. The molecule has 0 saturated heterocycles. The molecular weight excluding hydrogens is 284 g/mol. The van der Waals surface area contributed by atoms with Gasteiger partial charge in [-0.1, -0.05) is 6.07 Å². The molecule has 120 valence electrons. The van der Waals surface area contributed by atoms with Crippen molar-refractivity contribution in [3.8, 4) is 0 Å². The Bertz CT molecular complexity index is 543. The molecule has 6 nitrogen and oxygen atoms in total. The van der Waals surface area contributed by atoms with Gasteiger partial charge in [0.25, 0.3) is 0 Å². The number of nitrogens with zero attached hydrogens (tertiary/aromatic N) is 1. The third-order valence-electron chi connectivity index (χ3n) is 4.18. The van der Waals surface area contributed by atoms with Crippen molar-refractivity contribution in [1.82, 2.24) is 4.98 Å². The van der Waals surface area contributed by atoms with E-state index < -0.39 is 5.97 Å². The lowest BCUT2D eigenvalue weighted by atomic mass is 9.96. The van der Waals surface area contributed by atoms with Gasteiger partial charge in [0.2, 0.25) is 5.91 Å². The van der Waals surface area contributed by atoms with E-state index in [0.717, 1.165) is 37.7 Å². The lowest BCUT2D eigenvalue weighted by Crippen LogP contribution is -2.11. The molecule has 1 heterocycles. The number of pyridine rings is 1. The lowest BCUT2D eigenvalue weighted by molar-refractivity contribution is -0.119. The summed E-state index contributed by atoms with van der Waals surface area (Å²) in [6.07, 6.45) is 6.69. The number of aromatic carboxylic acids is 1. The topological polar surface area (TPSA) is 103 Å². The van der Waals surface area contributed by atoms with Crippen molar-refractivity contribution in [2.45, 2.75) is 44.1 Å². The highest BCUT2D eigenvalue weighted by Crippen LogP contribution is 2.36. The molecule has 2 fully saturated rings. The molecule has 2 saturated carbocycles. The molecule has 1 amide bonds. The van der Waals surface area contributed by atoms with Gasteiger partial charge in [0.1, 0.15) is 0 Å². The summed E-state index contributed by atoms with van der Waals surface area (Å²) in [6.45, 7) is 0. The molecule has 2 unspecified atom stereocenters. The van der Waals surface area contributed by atoms with Crippen molar-refractivity contribution in [3.05, 3.63) is 29.6 Å². The fraction of sp³-hybridized carbons (Fsp3) is 0.562. The number of carbonyl (C=O) groups excluding carboxylic acids is 1. The van der Waals surface area contributed by atoms with Crippen LogP contribution in [-0.4, -0.2) is 35.2 Å². The van der Waals surface area contributed by atoms with Crippen LogP contribution < -0.4 is 5.73 Å². The van der Waals surface area contributed by atoms with Crippen LogP contribution in [0.3, 0.4) is 0 Å². The van der Waals surface area contributed by atoms with E-state index >= 15 is 0 Å². The van der Waals surface area contributed by atoms with Crippen LogP contribution in [0.25, 0.3) is 0 Å². The monoisotopic (exact) mass is 306 g/mol. The molecule has 0 radical (unpaired) electrons. The van der Waals surface area contributed by atoms with E-state index in [0.29, 0.717) is 0 Å². The highest BCUT2D eigenvalue weighted by atomic mass is 16.5. The summed E-state index contributed by atoms with van der Waals surface area (Å²) < 4.78 is 5.30. The number of hydrogen-bond donors (Lipinski definition) is 2. The Morgan fingerprint density at radius 3 is 2.50 bits per heavy atom. The molecule has 22 heavy (non-hydrogen) atoms. The number of carboxylic acids is 1. The smallest absolute Gasteiger partial charge is 0.354 e. The maximum atomic E-state index is 11.0. The number of nitrogens with two attached hydrogens (primary N) is 1. The minimum absolute atomic E-state index is 0.130. The van der Waals surface area contributed by atoms with Crippen molar-refractivity contribution in [2.24, 2.45) is 11.7 Å². The summed E-state index contributed by atoms with van der Waals surface area (Å²) in [5, 5.41) is 9.06. The first-order chi connectivity index (χ1) is 10.5. The van der Waals surface area contributed by atoms with Crippen LogP contribution >= 0.6 is 0 Å². The van der Waals surface area contributed by atoms with Gasteiger partial charge in [0.15, 0.2) is 5.69 Å². The van der Waals surface area contributed by atoms with Gasteiger partial charge in [-0.2, -0.15) is 0 Å². The SMILES string of the molecule is COC1CCC(c2cccnc2C(=O)O)C1.NC(=O)C1CC1. The average molecular weight is 306 g/mol. The minimum Gasteiger partial charge on any atom is -0.477 e. The number of rotatable bonds is 4. The number of aromatic nitrogens is 1. The summed E-state index contributed by atoms with van der Waals surface area (Å²) in [5.74, 6) is -0.568. The number of carbonyl (C=O) groups is 2. The normalized spacial score (nSPS) is 23.5. The van der Waals surface area contributed by atoms with Gasteiger partial charge < -0.3 is 15.6 Å². The van der Waals surface area contributed by atoms with E-state index in [1.165, 1.54) is 6.20 Å². The van der Waals surface area contributed by atoms with Gasteiger partial charge in [-0.05, 0) is 49.7 Å². The van der Waals surface area contributed by atoms with Gasteiger partial charge in [-0.25, -0.2) is 9.78 Å². The highest BCUT2D eigenvalue weighted by Gasteiger charge is 2.29. The summed E-state index contributed by atoms with van der Waals surface area (Å²) >= 11 is 0. The van der Waals surface area contributed by atoms with E-state index in [1.807, 2.05) is 6.07 Å². The second-order valence-corrected chi connectivity index (χ2v) is 5.79. The molecule has 0 bridgehead atoms. The van der Waals surface area contributed by atoms with Crippen molar-refractivity contribution in [1.29, 1.82) is 0 Å². The average Bonchev–Trinajstić information content (AvgIpc) is 3.26. The molecule has 1 aromatic rings. The fourth-order valence-electron chi connectivity index (χ4n) is 2.73. The maximum absolute atomic E-state index is 11.0. The zero-order valence-electron chi connectivity index (χ0n) is 12.7. The van der Waals surface area contributed by atoms with Crippen LogP contribution in [0.15, 0.2) is 18.3 Å². The Kier molecular flexibility index (Phi) is 5.49. The third kappa shape index (κ3) is 4.27. The van der Waals surface area contributed by atoms with Crippen LogP contribution in [-0.2, 0) is 9.53 Å². The Morgan fingerprint density at radius 1 is 1.32 bits per heavy atom. The lowest BCUT2D eigenvalue weighted by Gasteiger charge is -2.12.